The molecular weight excluding hydrogens is 350 g/mol. The Morgan fingerprint density at radius 2 is 1.79 bits per heavy atom. The van der Waals surface area contributed by atoms with E-state index in [1.54, 1.807) is 6.92 Å². The summed E-state index contributed by atoms with van der Waals surface area (Å²) in [5, 5.41) is 13.8. The van der Waals surface area contributed by atoms with Crippen molar-refractivity contribution in [1.82, 2.24) is 4.90 Å². The number of aliphatic hydroxyl groups excluding tert-OH is 1. The largest absolute Gasteiger partial charge is 0.391 e. The molecule has 1 heterocycles. The minimum atomic E-state index is -0.313. The number of benzene rings is 2. The highest BCUT2D eigenvalue weighted by Gasteiger charge is 2.34. The van der Waals surface area contributed by atoms with Crippen molar-refractivity contribution in [2.45, 2.75) is 38.8 Å². The van der Waals surface area contributed by atoms with Crippen LogP contribution in [0.1, 0.15) is 23.6 Å². The van der Waals surface area contributed by atoms with Gasteiger partial charge < -0.3 is 15.3 Å². The van der Waals surface area contributed by atoms with Crippen LogP contribution in [0.2, 0.25) is 0 Å². The highest BCUT2D eigenvalue weighted by atomic mass is 16.3. The summed E-state index contributed by atoms with van der Waals surface area (Å²) in [5.41, 5.74) is 5.94. The smallest absolute Gasteiger partial charge is 0.221 e. The fourth-order valence-corrected chi connectivity index (χ4v) is 4.66. The fraction of sp³-hybridized carbons (Fsp3) is 0.435. The molecule has 1 amide bonds. The zero-order chi connectivity index (χ0) is 19.7. The molecule has 1 aliphatic carbocycles. The van der Waals surface area contributed by atoms with Crippen LogP contribution in [0.15, 0.2) is 42.5 Å². The van der Waals surface area contributed by atoms with Crippen molar-refractivity contribution in [1.29, 1.82) is 0 Å². The Bertz CT molecular complexity index is 859. The molecule has 2 aromatic carbocycles. The van der Waals surface area contributed by atoms with E-state index >= 15 is 0 Å². The van der Waals surface area contributed by atoms with Gasteiger partial charge in [-0.1, -0.05) is 30.3 Å². The van der Waals surface area contributed by atoms with Crippen molar-refractivity contribution < 1.29 is 9.90 Å². The van der Waals surface area contributed by atoms with Crippen LogP contribution in [0, 0.1) is 6.92 Å². The number of amides is 1. The first kappa shape index (κ1) is 19.0. The quantitative estimate of drug-likeness (QED) is 0.861. The van der Waals surface area contributed by atoms with Gasteiger partial charge in [0.25, 0.3) is 0 Å². The van der Waals surface area contributed by atoms with Crippen LogP contribution in [0.25, 0.3) is 0 Å². The lowest BCUT2D eigenvalue weighted by molar-refractivity contribution is -0.114. The van der Waals surface area contributed by atoms with Crippen LogP contribution in [0.3, 0.4) is 0 Å². The molecule has 2 aromatic rings. The molecule has 0 aromatic heterocycles. The predicted octanol–water partition coefficient (Wildman–Crippen LogP) is 2.60. The van der Waals surface area contributed by atoms with Gasteiger partial charge in [-0.25, -0.2) is 0 Å². The Morgan fingerprint density at radius 1 is 1.04 bits per heavy atom. The molecular formula is C23H29N3O2. The number of rotatable bonds is 3. The van der Waals surface area contributed by atoms with Crippen LogP contribution in [-0.2, 0) is 17.6 Å². The maximum absolute atomic E-state index is 11.5. The number of para-hydroxylation sites is 2. The zero-order valence-corrected chi connectivity index (χ0v) is 16.7. The number of piperazine rings is 1. The molecule has 5 nitrogen and oxygen atoms in total. The molecule has 1 fully saturated rings. The van der Waals surface area contributed by atoms with Crippen LogP contribution < -0.4 is 10.2 Å². The van der Waals surface area contributed by atoms with E-state index in [2.05, 4.69) is 46.3 Å². The lowest BCUT2D eigenvalue weighted by Gasteiger charge is -2.44. The van der Waals surface area contributed by atoms with Gasteiger partial charge in [-0.2, -0.15) is 0 Å². The van der Waals surface area contributed by atoms with Gasteiger partial charge in [0, 0.05) is 45.6 Å². The lowest BCUT2D eigenvalue weighted by atomic mass is 9.83. The summed E-state index contributed by atoms with van der Waals surface area (Å²) in [6, 6.07) is 14.6. The number of aryl methyl sites for hydroxylation is 1. The summed E-state index contributed by atoms with van der Waals surface area (Å²) in [5.74, 6) is -0.0506. The van der Waals surface area contributed by atoms with Crippen molar-refractivity contribution >= 4 is 17.3 Å². The second kappa shape index (κ2) is 7.94. The fourth-order valence-electron chi connectivity index (χ4n) is 4.66. The molecule has 0 spiro atoms. The molecule has 1 saturated heterocycles. The maximum Gasteiger partial charge on any atom is 0.221 e. The molecule has 1 aliphatic heterocycles. The summed E-state index contributed by atoms with van der Waals surface area (Å²) >= 11 is 0. The number of carbonyl (C=O) groups excluding carboxylic acids is 1. The summed E-state index contributed by atoms with van der Waals surface area (Å²) in [6.07, 6.45) is 1.35. The number of nitrogens with zero attached hydrogens (tertiary/aromatic N) is 2. The van der Waals surface area contributed by atoms with Gasteiger partial charge in [0.05, 0.1) is 17.5 Å². The Morgan fingerprint density at radius 3 is 2.54 bits per heavy atom. The summed E-state index contributed by atoms with van der Waals surface area (Å²) in [7, 11) is 0. The van der Waals surface area contributed by atoms with E-state index in [1.165, 1.54) is 16.7 Å². The van der Waals surface area contributed by atoms with E-state index in [9.17, 15) is 9.90 Å². The first-order chi connectivity index (χ1) is 13.5. The Labute approximate surface area is 167 Å². The number of fused-ring (bicyclic) bond motifs is 1. The molecule has 0 radical (unpaired) electrons. The molecule has 4 rings (SSSR count). The molecule has 0 bridgehead atoms. The molecule has 5 heteroatoms. The monoisotopic (exact) mass is 379 g/mol. The van der Waals surface area contributed by atoms with Crippen LogP contribution in [0.5, 0.6) is 0 Å². The van der Waals surface area contributed by atoms with Crippen molar-refractivity contribution in [3.63, 3.8) is 0 Å². The number of nitrogens with one attached hydrogen (secondary N) is 1. The van der Waals surface area contributed by atoms with Gasteiger partial charge in [0.1, 0.15) is 0 Å². The molecule has 2 aliphatic rings. The highest BCUT2D eigenvalue weighted by molar-refractivity contribution is 5.92. The van der Waals surface area contributed by atoms with Gasteiger partial charge in [-0.3, -0.25) is 9.69 Å². The summed E-state index contributed by atoms with van der Waals surface area (Å²) in [6.45, 7) is 7.28. The van der Waals surface area contributed by atoms with Crippen molar-refractivity contribution in [2.75, 3.05) is 36.4 Å². The van der Waals surface area contributed by atoms with Crippen LogP contribution in [0.4, 0.5) is 11.4 Å². The third-order valence-electron chi connectivity index (χ3n) is 6.13. The first-order valence-corrected chi connectivity index (χ1v) is 10.1. The van der Waals surface area contributed by atoms with Gasteiger partial charge in [0.2, 0.25) is 5.91 Å². The Balaban J connectivity index is 1.44. The molecule has 0 saturated carbocycles. The lowest BCUT2D eigenvalue weighted by Crippen LogP contribution is -2.56. The summed E-state index contributed by atoms with van der Waals surface area (Å²) in [4.78, 5) is 16.3. The second-order valence-corrected chi connectivity index (χ2v) is 7.98. The van der Waals surface area contributed by atoms with E-state index < -0.39 is 0 Å². The van der Waals surface area contributed by atoms with Gasteiger partial charge in [-0.15, -0.1) is 0 Å². The van der Waals surface area contributed by atoms with E-state index in [1.807, 2.05) is 18.2 Å². The molecule has 1 unspecified atom stereocenters. The van der Waals surface area contributed by atoms with Crippen LogP contribution >= 0.6 is 0 Å². The second-order valence-electron chi connectivity index (χ2n) is 7.98. The normalized spacial score (nSPS) is 22.6. The third-order valence-corrected chi connectivity index (χ3v) is 6.13. The van der Waals surface area contributed by atoms with E-state index in [0.717, 1.165) is 50.4 Å². The van der Waals surface area contributed by atoms with E-state index in [0.29, 0.717) is 0 Å². The van der Waals surface area contributed by atoms with Gasteiger partial charge in [0.15, 0.2) is 0 Å². The van der Waals surface area contributed by atoms with E-state index in [4.69, 9.17) is 0 Å². The Kier molecular flexibility index (Phi) is 5.38. The number of hydrogen-bond donors (Lipinski definition) is 2. The average Bonchev–Trinajstić information content (AvgIpc) is 2.69. The number of carbonyl (C=O) groups is 1. The molecule has 28 heavy (non-hydrogen) atoms. The van der Waals surface area contributed by atoms with Gasteiger partial charge in [-0.05, 0) is 42.2 Å². The molecule has 2 atom stereocenters. The molecule has 148 valence electrons. The topological polar surface area (TPSA) is 55.8 Å². The number of hydrogen-bond acceptors (Lipinski definition) is 4. The number of anilines is 2. The number of aliphatic hydroxyl groups is 1. The minimum absolute atomic E-state index is 0.0506. The SMILES string of the molecule is CC(=O)Nc1ccccc1N1CCN([C@H]2Cc3cccc(C)c3CC2O)CC1. The molecule has 2 N–H and O–H groups in total. The van der Waals surface area contributed by atoms with Crippen LogP contribution in [-0.4, -0.2) is 54.2 Å². The average molecular weight is 380 g/mol. The minimum Gasteiger partial charge on any atom is -0.391 e. The van der Waals surface area contributed by atoms with E-state index in [-0.39, 0.29) is 18.1 Å². The summed E-state index contributed by atoms with van der Waals surface area (Å²) < 4.78 is 0. The van der Waals surface area contributed by atoms with Crippen molar-refractivity contribution in [2.24, 2.45) is 0 Å². The third kappa shape index (κ3) is 3.77. The Hall–Kier alpha value is -2.37. The standard InChI is InChI=1S/C23H29N3O2/c1-16-6-5-7-18-14-22(23(28)15-19(16)18)26-12-10-25(11-13-26)21-9-4-3-8-20(21)24-17(2)27/h3-9,22-23,28H,10-15H2,1-2H3,(H,24,27)/t22-,23?/m0/s1. The predicted molar refractivity (Wildman–Crippen MR) is 113 cm³/mol. The van der Waals surface area contributed by atoms with Crippen molar-refractivity contribution in [3.05, 3.63) is 59.2 Å². The highest BCUT2D eigenvalue weighted by Crippen LogP contribution is 2.30. The maximum atomic E-state index is 11.5. The van der Waals surface area contributed by atoms with Crippen molar-refractivity contribution in [3.8, 4) is 0 Å². The van der Waals surface area contributed by atoms with Gasteiger partial charge >= 0.3 is 0 Å². The zero-order valence-electron chi connectivity index (χ0n) is 16.7. The first-order valence-electron chi connectivity index (χ1n) is 10.1.